The number of hydrogen-bond acceptors (Lipinski definition) is 4. The van der Waals surface area contributed by atoms with Crippen molar-refractivity contribution in [3.05, 3.63) is 82.7 Å². The molecule has 0 aliphatic heterocycles. The van der Waals surface area contributed by atoms with Crippen molar-refractivity contribution in [2.45, 2.75) is 18.8 Å². The minimum absolute atomic E-state index is 0.135. The number of anilines is 2. The number of rotatable bonds is 5. The summed E-state index contributed by atoms with van der Waals surface area (Å²) in [4.78, 5) is 5.99. The zero-order valence-electron chi connectivity index (χ0n) is 17.4. The molecule has 0 bridgehead atoms. The van der Waals surface area contributed by atoms with E-state index in [0.717, 1.165) is 11.9 Å². The van der Waals surface area contributed by atoms with Crippen molar-refractivity contribution >= 4 is 40.3 Å². The fourth-order valence-corrected chi connectivity index (χ4v) is 4.24. The van der Waals surface area contributed by atoms with Crippen molar-refractivity contribution in [1.29, 1.82) is 10.8 Å². The smallest absolute Gasteiger partial charge is 0.229 e. The second-order valence-electron chi connectivity index (χ2n) is 8.01. The topological polar surface area (TPSA) is 68.8 Å². The fourth-order valence-electron chi connectivity index (χ4n) is 4.08. The van der Waals surface area contributed by atoms with Gasteiger partial charge in [-0.15, -0.1) is 0 Å². The van der Waals surface area contributed by atoms with E-state index in [9.17, 15) is 0 Å². The average molecular weight is 446 g/mol. The lowest BCUT2D eigenvalue weighted by atomic mass is 10.0. The molecule has 4 aromatic rings. The van der Waals surface area contributed by atoms with Gasteiger partial charge < -0.3 is 4.90 Å². The molecule has 5 rings (SSSR count). The van der Waals surface area contributed by atoms with Gasteiger partial charge in [0.2, 0.25) is 5.62 Å². The minimum atomic E-state index is -0.353. The van der Waals surface area contributed by atoms with Crippen LogP contribution in [0.4, 0.5) is 15.9 Å². The molecule has 0 saturated heterocycles. The van der Waals surface area contributed by atoms with Crippen LogP contribution < -0.4 is 10.5 Å². The number of aromatic nitrogens is 2. The molecule has 1 heterocycles. The molecule has 32 heavy (non-hydrogen) atoms. The zero-order chi connectivity index (χ0) is 22.4. The predicted octanol–water partition coefficient (Wildman–Crippen LogP) is 6.08. The number of nitrogens with one attached hydrogen (secondary N) is 2. The molecule has 0 amide bonds. The van der Waals surface area contributed by atoms with Crippen molar-refractivity contribution in [2.75, 3.05) is 11.9 Å². The van der Waals surface area contributed by atoms with Gasteiger partial charge in [0.05, 0.1) is 17.5 Å². The lowest BCUT2D eigenvalue weighted by Crippen LogP contribution is -2.26. The van der Waals surface area contributed by atoms with Crippen LogP contribution in [0.5, 0.6) is 0 Å². The maximum Gasteiger partial charge on any atom is 0.229 e. The van der Waals surface area contributed by atoms with E-state index >= 15 is 4.39 Å². The first-order chi connectivity index (χ1) is 15.5. The predicted molar refractivity (Wildman–Crippen MR) is 127 cm³/mol. The highest BCUT2D eigenvalue weighted by molar-refractivity contribution is 6.31. The fraction of sp³-hybridized carbons (Fsp3) is 0.160. The van der Waals surface area contributed by atoms with Crippen LogP contribution in [0.1, 0.15) is 24.3 Å². The monoisotopic (exact) mass is 445 g/mol. The van der Waals surface area contributed by atoms with Gasteiger partial charge in [-0.3, -0.25) is 15.4 Å². The normalized spacial score (nSPS) is 13.3. The molecular weight excluding hydrogens is 425 g/mol. The molecule has 2 N–H and O–H groups in total. The van der Waals surface area contributed by atoms with Crippen LogP contribution in [0.2, 0.25) is 5.02 Å². The summed E-state index contributed by atoms with van der Waals surface area (Å²) in [5, 5.41) is 17.0. The Balaban J connectivity index is 1.62. The minimum Gasteiger partial charge on any atom is -0.326 e. The third-order valence-electron chi connectivity index (χ3n) is 5.96. The van der Waals surface area contributed by atoms with E-state index in [1.807, 2.05) is 18.2 Å². The van der Waals surface area contributed by atoms with Crippen molar-refractivity contribution in [2.24, 2.45) is 0 Å². The van der Waals surface area contributed by atoms with Gasteiger partial charge in [0.1, 0.15) is 5.82 Å². The Kier molecular flexibility index (Phi) is 5.02. The molecule has 1 saturated carbocycles. The highest BCUT2D eigenvalue weighted by Gasteiger charge is 2.23. The summed E-state index contributed by atoms with van der Waals surface area (Å²) in [7, 11) is 1.73. The number of benzene rings is 3. The largest absolute Gasteiger partial charge is 0.326 e. The Bertz CT molecular complexity index is 1410. The Hall–Kier alpha value is -3.51. The summed E-state index contributed by atoms with van der Waals surface area (Å²) in [6, 6.07) is 18.6. The molecule has 0 spiro atoms. The maximum absolute atomic E-state index is 15.7. The first kappa shape index (κ1) is 20.4. The van der Waals surface area contributed by atoms with E-state index in [1.165, 1.54) is 23.0 Å². The third kappa shape index (κ3) is 3.46. The Morgan fingerprint density at radius 1 is 1.12 bits per heavy atom. The SMILES string of the molecule is CN(c1cccc(-c2ccc(C3CC3)cc2)c1F)c1nc(=N)n(C=N)c2cc(Cl)ccc12. The van der Waals surface area contributed by atoms with Crippen LogP contribution in [-0.2, 0) is 0 Å². The zero-order valence-corrected chi connectivity index (χ0v) is 18.2. The van der Waals surface area contributed by atoms with Crippen LogP contribution in [-0.4, -0.2) is 22.9 Å². The molecule has 1 fully saturated rings. The Morgan fingerprint density at radius 2 is 1.88 bits per heavy atom. The molecule has 3 aromatic carbocycles. The maximum atomic E-state index is 15.7. The highest BCUT2D eigenvalue weighted by atomic mass is 35.5. The number of halogens is 2. The van der Waals surface area contributed by atoms with Gasteiger partial charge in [-0.2, -0.15) is 4.98 Å². The summed E-state index contributed by atoms with van der Waals surface area (Å²) in [6.07, 6.45) is 3.48. The van der Waals surface area contributed by atoms with Crippen molar-refractivity contribution in [3.63, 3.8) is 0 Å². The lowest BCUT2D eigenvalue weighted by molar-refractivity contribution is 0.630. The number of hydrogen-bond donors (Lipinski definition) is 2. The van der Waals surface area contributed by atoms with E-state index in [4.69, 9.17) is 22.4 Å². The molecule has 7 heteroatoms. The summed E-state index contributed by atoms with van der Waals surface area (Å²) in [5.74, 6) is 0.716. The van der Waals surface area contributed by atoms with E-state index in [1.54, 1.807) is 42.3 Å². The van der Waals surface area contributed by atoms with Gasteiger partial charge in [0, 0.05) is 23.0 Å². The van der Waals surface area contributed by atoms with Crippen molar-refractivity contribution < 1.29 is 4.39 Å². The molecule has 160 valence electrons. The summed E-state index contributed by atoms with van der Waals surface area (Å²) >= 11 is 6.15. The second kappa shape index (κ2) is 7.88. The summed E-state index contributed by atoms with van der Waals surface area (Å²) < 4.78 is 17.0. The Morgan fingerprint density at radius 3 is 2.56 bits per heavy atom. The van der Waals surface area contributed by atoms with Crippen LogP contribution >= 0.6 is 11.6 Å². The lowest BCUT2D eigenvalue weighted by Gasteiger charge is -2.22. The van der Waals surface area contributed by atoms with E-state index in [0.29, 0.717) is 38.9 Å². The van der Waals surface area contributed by atoms with E-state index in [2.05, 4.69) is 17.1 Å². The number of fused-ring (bicyclic) bond motifs is 1. The van der Waals surface area contributed by atoms with Gasteiger partial charge >= 0.3 is 0 Å². The van der Waals surface area contributed by atoms with Crippen LogP contribution in [0.3, 0.4) is 0 Å². The molecule has 1 aliphatic carbocycles. The molecule has 0 atom stereocenters. The molecule has 0 radical (unpaired) electrons. The Labute approximate surface area is 189 Å². The standard InChI is InChI=1S/C25H21ClFN5/c1-31(24-20-12-11-18(26)13-22(20)32(14-28)25(29)30-24)21-4-2-3-19(23(21)27)17-9-7-16(8-10-17)15-5-6-15/h2-4,7-15,28-29H,5-6H2,1H3. The molecular formula is C25H21ClFN5. The molecule has 0 unspecified atom stereocenters. The van der Waals surface area contributed by atoms with Gasteiger partial charge in [0.25, 0.3) is 0 Å². The molecule has 1 aromatic heterocycles. The van der Waals surface area contributed by atoms with Gasteiger partial charge in [-0.25, -0.2) is 4.39 Å². The van der Waals surface area contributed by atoms with Gasteiger partial charge in [-0.05, 0) is 54.2 Å². The quantitative estimate of drug-likeness (QED) is 0.289. The van der Waals surface area contributed by atoms with Gasteiger partial charge in [-0.1, -0.05) is 48.0 Å². The van der Waals surface area contributed by atoms with Crippen molar-refractivity contribution in [1.82, 2.24) is 9.55 Å². The van der Waals surface area contributed by atoms with Crippen LogP contribution in [0, 0.1) is 16.6 Å². The first-order valence-corrected chi connectivity index (χ1v) is 10.8. The number of nitrogens with zero attached hydrogens (tertiary/aromatic N) is 3. The van der Waals surface area contributed by atoms with Crippen LogP contribution in [0.15, 0.2) is 60.7 Å². The molecule has 5 nitrogen and oxygen atoms in total. The highest BCUT2D eigenvalue weighted by Crippen LogP contribution is 2.41. The van der Waals surface area contributed by atoms with Gasteiger partial charge in [0.15, 0.2) is 5.82 Å². The summed E-state index contributed by atoms with van der Waals surface area (Å²) in [5.41, 5.74) is 3.42. The molecule has 1 aliphatic rings. The average Bonchev–Trinajstić information content (AvgIpc) is 3.64. The van der Waals surface area contributed by atoms with Crippen LogP contribution in [0.25, 0.3) is 22.0 Å². The van der Waals surface area contributed by atoms with E-state index in [-0.39, 0.29) is 11.4 Å². The third-order valence-corrected chi connectivity index (χ3v) is 6.19. The second-order valence-corrected chi connectivity index (χ2v) is 8.45. The van der Waals surface area contributed by atoms with Crippen molar-refractivity contribution in [3.8, 4) is 11.1 Å². The van der Waals surface area contributed by atoms with E-state index < -0.39 is 0 Å². The summed E-state index contributed by atoms with van der Waals surface area (Å²) in [6.45, 7) is 0. The first-order valence-electron chi connectivity index (χ1n) is 10.4.